The van der Waals surface area contributed by atoms with E-state index in [-0.39, 0.29) is 28.7 Å². The molecule has 0 saturated heterocycles. The zero-order valence-corrected chi connectivity index (χ0v) is 19.3. The van der Waals surface area contributed by atoms with Gasteiger partial charge >= 0.3 is 6.18 Å². The van der Waals surface area contributed by atoms with Crippen molar-refractivity contribution < 1.29 is 27.1 Å². The molecule has 0 bridgehead atoms. The van der Waals surface area contributed by atoms with Crippen molar-refractivity contribution in [3.63, 3.8) is 0 Å². The summed E-state index contributed by atoms with van der Waals surface area (Å²) in [6, 6.07) is 8.39. The minimum absolute atomic E-state index is 0.00665. The van der Waals surface area contributed by atoms with Crippen molar-refractivity contribution >= 4 is 28.9 Å². The standard InChI is InChI=1S/C23H18F4N8O2/c1-28-22(36)14-11-29-19(33-18-7-6-17(34-35-18)23(25,26)27)8-16(14)32-15-5-3-4-13(20(15)37-2)21-30-9-12(24)10-31-21/h3-11H,1-2H3,(H,28,36)(H2,29,32,33,35). The maximum atomic E-state index is 13.3. The lowest BCUT2D eigenvalue weighted by atomic mass is 10.1. The highest BCUT2D eigenvalue weighted by molar-refractivity contribution is 6.00. The van der Waals surface area contributed by atoms with Gasteiger partial charge in [-0.05, 0) is 24.3 Å². The van der Waals surface area contributed by atoms with Gasteiger partial charge in [0.15, 0.2) is 28.9 Å². The van der Waals surface area contributed by atoms with Crippen LogP contribution >= 0.6 is 0 Å². The van der Waals surface area contributed by atoms with Gasteiger partial charge in [-0.2, -0.15) is 13.2 Å². The molecule has 4 aromatic rings. The number of pyridine rings is 1. The first-order chi connectivity index (χ1) is 17.7. The Labute approximate surface area is 207 Å². The van der Waals surface area contributed by atoms with E-state index >= 15 is 0 Å². The van der Waals surface area contributed by atoms with E-state index in [0.717, 1.165) is 24.5 Å². The molecule has 0 aliphatic carbocycles. The number of nitrogens with zero attached hydrogens (tertiary/aromatic N) is 5. The van der Waals surface area contributed by atoms with Crippen LogP contribution in [0.4, 0.5) is 40.6 Å². The van der Waals surface area contributed by atoms with E-state index < -0.39 is 23.6 Å². The molecule has 37 heavy (non-hydrogen) atoms. The van der Waals surface area contributed by atoms with Gasteiger partial charge in [-0.15, -0.1) is 10.2 Å². The Hall–Kier alpha value is -4.88. The number of benzene rings is 1. The van der Waals surface area contributed by atoms with E-state index in [0.29, 0.717) is 17.0 Å². The van der Waals surface area contributed by atoms with Crippen molar-refractivity contribution in [1.29, 1.82) is 0 Å². The summed E-state index contributed by atoms with van der Waals surface area (Å²) in [5.41, 5.74) is 0.190. The van der Waals surface area contributed by atoms with Crippen LogP contribution in [0, 0.1) is 5.82 Å². The third kappa shape index (κ3) is 5.69. The Balaban J connectivity index is 1.69. The zero-order valence-electron chi connectivity index (χ0n) is 19.3. The summed E-state index contributed by atoms with van der Waals surface area (Å²) >= 11 is 0. The first kappa shape index (κ1) is 25.2. The van der Waals surface area contributed by atoms with Crippen molar-refractivity contribution in [3.8, 4) is 17.1 Å². The minimum atomic E-state index is -4.62. The normalized spacial score (nSPS) is 11.1. The van der Waals surface area contributed by atoms with Gasteiger partial charge in [-0.3, -0.25) is 4.79 Å². The highest BCUT2D eigenvalue weighted by Crippen LogP contribution is 2.37. The molecule has 0 radical (unpaired) electrons. The first-order valence-corrected chi connectivity index (χ1v) is 10.5. The van der Waals surface area contributed by atoms with Gasteiger partial charge in [0.25, 0.3) is 5.91 Å². The molecule has 1 amide bonds. The van der Waals surface area contributed by atoms with Crippen LogP contribution in [0.1, 0.15) is 16.1 Å². The van der Waals surface area contributed by atoms with Crippen LogP contribution in [-0.2, 0) is 6.18 Å². The topological polar surface area (TPSA) is 127 Å². The minimum Gasteiger partial charge on any atom is -0.494 e. The number of methoxy groups -OCH3 is 1. The zero-order chi connectivity index (χ0) is 26.6. The molecular formula is C23H18F4N8O2. The van der Waals surface area contributed by atoms with Gasteiger partial charge in [0.2, 0.25) is 0 Å². The molecule has 190 valence electrons. The van der Waals surface area contributed by atoms with E-state index in [2.05, 4.69) is 41.1 Å². The van der Waals surface area contributed by atoms with Crippen molar-refractivity contribution in [3.05, 3.63) is 72.1 Å². The molecule has 3 heterocycles. The number of carbonyl (C=O) groups excluding carboxylic acids is 1. The fourth-order valence-corrected chi connectivity index (χ4v) is 3.25. The lowest BCUT2D eigenvalue weighted by Crippen LogP contribution is -2.19. The highest BCUT2D eigenvalue weighted by Gasteiger charge is 2.32. The SMILES string of the molecule is CNC(=O)c1cnc(Nc2ccc(C(F)(F)F)nn2)cc1Nc1cccc(-c2ncc(F)cn2)c1OC. The third-order valence-corrected chi connectivity index (χ3v) is 4.94. The molecule has 3 aromatic heterocycles. The molecule has 14 heteroatoms. The summed E-state index contributed by atoms with van der Waals surface area (Å²) in [6.07, 6.45) is -1.30. The number of hydrogen-bond donors (Lipinski definition) is 3. The predicted molar refractivity (Wildman–Crippen MR) is 125 cm³/mol. The Morgan fingerprint density at radius 3 is 2.30 bits per heavy atom. The number of para-hydroxylation sites is 1. The van der Waals surface area contributed by atoms with Gasteiger partial charge in [0.1, 0.15) is 5.82 Å². The predicted octanol–water partition coefficient (Wildman–Crippen LogP) is 4.34. The van der Waals surface area contributed by atoms with Crippen LogP contribution < -0.4 is 20.7 Å². The van der Waals surface area contributed by atoms with E-state index in [4.69, 9.17) is 4.74 Å². The number of rotatable bonds is 7. The number of hydrogen-bond acceptors (Lipinski definition) is 9. The van der Waals surface area contributed by atoms with Crippen LogP contribution in [0.15, 0.2) is 55.0 Å². The molecule has 10 nitrogen and oxygen atoms in total. The molecule has 0 atom stereocenters. The lowest BCUT2D eigenvalue weighted by molar-refractivity contribution is -0.141. The molecule has 0 unspecified atom stereocenters. The van der Waals surface area contributed by atoms with E-state index in [9.17, 15) is 22.4 Å². The quantitative estimate of drug-likeness (QED) is 0.309. The number of carbonyl (C=O) groups is 1. The van der Waals surface area contributed by atoms with E-state index in [1.165, 1.54) is 26.4 Å². The molecule has 0 spiro atoms. The van der Waals surface area contributed by atoms with E-state index in [1.807, 2.05) is 0 Å². The largest absolute Gasteiger partial charge is 0.494 e. The number of halogens is 4. The molecular weight excluding hydrogens is 496 g/mol. The second-order valence-electron chi connectivity index (χ2n) is 7.36. The summed E-state index contributed by atoms with van der Waals surface area (Å²) in [7, 11) is 2.87. The third-order valence-electron chi connectivity index (χ3n) is 4.94. The van der Waals surface area contributed by atoms with Crippen LogP contribution in [0.3, 0.4) is 0 Å². The van der Waals surface area contributed by atoms with Crippen LogP contribution in [0.25, 0.3) is 11.4 Å². The Bertz CT molecular complexity index is 1410. The fourth-order valence-electron chi connectivity index (χ4n) is 3.25. The number of nitrogens with one attached hydrogen (secondary N) is 3. The van der Waals surface area contributed by atoms with Crippen molar-refractivity contribution in [1.82, 2.24) is 30.5 Å². The maximum Gasteiger partial charge on any atom is 0.435 e. The molecule has 0 saturated carbocycles. The number of ether oxygens (including phenoxy) is 1. The number of alkyl halides is 3. The Kier molecular flexibility index (Phi) is 7.08. The fraction of sp³-hybridized carbons (Fsp3) is 0.130. The molecule has 0 aliphatic heterocycles. The summed E-state index contributed by atoms with van der Waals surface area (Å²) < 4.78 is 57.1. The highest BCUT2D eigenvalue weighted by atomic mass is 19.4. The monoisotopic (exact) mass is 514 g/mol. The van der Waals surface area contributed by atoms with E-state index in [1.54, 1.807) is 18.2 Å². The van der Waals surface area contributed by atoms with Crippen LogP contribution in [-0.4, -0.2) is 45.2 Å². The molecule has 0 fully saturated rings. The van der Waals surface area contributed by atoms with Gasteiger partial charge in [0, 0.05) is 19.3 Å². The van der Waals surface area contributed by atoms with Gasteiger partial charge in [-0.25, -0.2) is 19.3 Å². The smallest absolute Gasteiger partial charge is 0.435 e. The molecule has 0 aliphatic rings. The average Bonchev–Trinajstić information content (AvgIpc) is 2.88. The molecule has 4 rings (SSSR count). The second kappa shape index (κ2) is 10.4. The van der Waals surface area contributed by atoms with Crippen molar-refractivity contribution in [2.45, 2.75) is 6.18 Å². The summed E-state index contributed by atoms with van der Waals surface area (Å²) in [6.45, 7) is 0. The summed E-state index contributed by atoms with van der Waals surface area (Å²) in [5, 5.41) is 15.1. The number of aromatic nitrogens is 5. The van der Waals surface area contributed by atoms with Crippen molar-refractivity contribution in [2.24, 2.45) is 0 Å². The summed E-state index contributed by atoms with van der Waals surface area (Å²) in [5.74, 6) is -0.341. The average molecular weight is 514 g/mol. The van der Waals surface area contributed by atoms with Crippen molar-refractivity contribution in [2.75, 3.05) is 24.8 Å². The summed E-state index contributed by atoms with van der Waals surface area (Å²) in [4.78, 5) is 24.6. The first-order valence-electron chi connectivity index (χ1n) is 10.5. The second-order valence-corrected chi connectivity index (χ2v) is 7.36. The lowest BCUT2D eigenvalue weighted by Gasteiger charge is -2.17. The van der Waals surface area contributed by atoms with Gasteiger partial charge < -0.3 is 20.7 Å². The number of anilines is 4. The Morgan fingerprint density at radius 1 is 0.919 bits per heavy atom. The Morgan fingerprint density at radius 2 is 1.68 bits per heavy atom. The molecule has 3 N–H and O–H groups in total. The number of amides is 1. The van der Waals surface area contributed by atoms with Crippen LogP contribution in [0.2, 0.25) is 0 Å². The molecule has 1 aromatic carbocycles. The maximum absolute atomic E-state index is 13.3. The van der Waals surface area contributed by atoms with Crippen LogP contribution in [0.5, 0.6) is 5.75 Å². The van der Waals surface area contributed by atoms with Gasteiger partial charge in [-0.1, -0.05) is 6.07 Å². The van der Waals surface area contributed by atoms with Gasteiger partial charge in [0.05, 0.1) is 42.0 Å².